The average molecular weight is 386 g/mol. The third kappa shape index (κ3) is 6.24. The van der Waals surface area contributed by atoms with Crippen LogP contribution in [-0.2, 0) is 14.3 Å². The Kier molecular flexibility index (Phi) is 7.52. The summed E-state index contributed by atoms with van der Waals surface area (Å²) in [5.74, 6) is -0.710. The van der Waals surface area contributed by atoms with Gasteiger partial charge in [0.15, 0.2) is 12.4 Å². The summed E-state index contributed by atoms with van der Waals surface area (Å²) in [6, 6.07) is 10.2. The molecule has 1 heterocycles. The molecule has 0 aliphatic heterocycles. The van der Waals surface area contributed by atoms with Crippen molar-refractivity contribution in [1.82, 2.24) is 0 Å². The summed E-state index contributed by atoms with van der Waals surface area (Å²) in [5, 5.41) is 13.5. The van der Waals surface area contributed by atoms with E-state index in [0.29, 0.717) is 28.5 Å². The fourth-order valence-electron chi connectivity index (χ4n) is 2.14. The van der Waals surface area contributed by atoms with E-state index in [2.05, 4.69) is 5.32 Å². The zero-order valence-corrected chi connectivity index (χ0v) is 15.5. The summed E-state index contributed by atoms with van der Waals surface area (Å²) in [6.45, 7) is 1.93. The molecule has 0 radical (unpaired) electrons. The van der Waals surface area contributed by atoms with Gasteiger partial charge in [-0.3, -0.25) is 14.4 Å². The van der Waals surface area contributed by atoms with Gasteiger partial charge in [-0.2, -0.15) is 5.26 Å². The van der Waals surface area contributed by atoms with Crippen LogP contribution in [0.5, 0.6) is 5.75 Å². The monoisotopic (exact) mass is 386 g/mol. The second-order valence-electron chi connectivity index (χ2n) is 5.36. The predicted molar refractivity (Wildman–Crippen MR) is 99.8 cm³/mol. The summed E-state index contributed by atoms with van der Waals surface area (Å²) in [7, 11) is 0. The van der Waals surface area contributed by atoms with Crippen molar-refractivity contribution in [3.8, 4) is 11.8 Å². The fraction of sp³-hybridized carbons (Fsp3) is 0.263. The highest BCUT2D eigenvalue weighted by atomic mass is 32.1. The van der Waals surface area contributed by atoms with E-state index in [4.69, 9.17) is 14.7 Å². The second kappa shape index (κ2) is 10.1. The Morgan fingerprint density at radius 2 is 1.89 bits per heavy atom. The number of nitrogens with one attached hydrogen (secondary N) is 1. The molecule has 1 aromatic carbocycles. The van der Waals surface area contributed by atoms with Crippen molar-refractivity contribution < 1.29 is 23.9 Å². The van der Waals surface area contributed by atoms with Gasteiger partial charge in [0.1, 0.15) is 16.8 Å². The summed E-state index contributed by atoms with van der Waals surface area (Å²) >= 11 is 1.20. The molecule has 0 saturated heterocycles. The average Bonchev–Trinajstić information content (AvgIpc) is 3.12. The van der Waals surface area contributed by atoms with Crippen molar-refractivity contribution >= 4 is 34.0 Å². The van der Waals surface area contributed by atoms with Gasteiger partial charge in [-0.05, 0) is 42.6 Å². The minimum absolute atomic E-state index is 0.0159. The van der Waals surface area contributed by atoms with Crippen molar-refractivity contribution in [1.29, 1.82) is 5.26 Å². The van der Waals surface area contributed by atoms with Crippen molar-refractivity contribution in [3.05, 3.63) is 46.8 Å². The van der Waals surface area contributed by atoms with Crippen molar-refractivity contribution in [2.75, 3.05) is 18.5 Å². The molecule has 140 valence electrons. The van der Waals surface area contributed by atoms with Gasteiger partial charge in [0, 0.05) is 12.0 Å². The molecule has 0 fully saturated rings. The molecule has 0 saturated carbocycles. The Morgan fingerprint density at radius 3 is 2.56 bits per heavy atom. The predicted octanol–water partition coefficient (Wildman–Crippen LogP) is 3.16. The first kappa shape index (κ1) is 20.1. The number of benzene rings is 1. The van der Waals surface area contributed by atoms with E-state index in [1.165, 1.54) is 11.3 Å². The molecule has 2 rings (SSSR count). The largest absolute Gasteiger partial charge is 0.494 e. The summed E-state index contributed by atoms with van der Waals surface area (Å²) in [5.41, 5.74) is 0.825. The van der Waals surface area contributed by atoms with E-state index in [1.54, 1.807) is 35.7 Å². The summed E-state index contributed by atoms with van der Waals surface area (Å²) < 4.78 is 10.2. The van der Waals surface area contributed by atoms with E-state index < -0.39 is 18.5 Å². The lowest BCUT2D eigenvalue weighted by Gasteiger charge is -2.06. The number of esters is 1. The Morgan fingerprint density at radius 1 is 1.15 bits per heavy atom. The highest BCUT2D eigenvalue weighted by molar-refractivity contribution is 7.14. The number of amides is 1. The van der Waals surface area contributed by atoms with Gasteiger partial charge in [-0.15, -0.1) is 11.3 Å². The Labute approximate surface area is 160 Å². The van der Waals surface area contributed by atoms with E-state index in [0.717, 1.165) is 0 Å². The Hall–Kier alpha value is -3.18. The molecule has 0 atom stereocenters. The number of carbonyl (C=O) groups excluding carboxylic acids is 3. The number of nitriles is 1. The first-order valence-corrected chi connectivity index (χ1v) is 9.10. The highest BCUT2D eigenvalue weighted by Gasteiger charge is 2.13. The fourth-order valence-corrected chi connectivity index (χ4v) is 2.89. The maximum atomic E-state index is 12.1. The first-order valence-electron chi connectivity index (χ1n) is 8.22. The number of hydrogen-bond acceptors (Lipinski definition) is 7. The van der Waals surface area contributed by atoms with Crippen LogP contribution < -0.4 is 10.1 Å². The van der Waals surface area contributed by atoms with E-state index in [-0.39, 0.29) is 18.6 Å². The molecule has 2 aromatic rings. The Bertz CT molecular complexity index is 852. The molecule has 0 unspecified atom stereocenters. The number of carbonyl (C=O) groups is 3. The van der Waals surface area contributed by atoms with Gasteiger partial charge in [-0.25, -0.2) is 0 Å². The molecular weight excluding hydrogens is 368 g/mol. The van der Waals surface area contributed by atoms with Crippen LogP contribution in [0.2, 0.25) is 0 Å². The van der Waals surface area contributed by atoms with Gasteiger partial charge >= 0.3 is 5.97 Å². The molecule has 27 heavy (non-hydrogen) atoms. The maximum Gasteiger partial charge on any atom is 0.306 e. The quantitative estimate of drug-likeness (QED) is 0.524. The lowest BCUT2D eigenvalue weighted by Crippen LogP contribution is -2.21. The van der Waals surface area contributed by atoms with Crippen LogP contribution in [0.1, 0.15) is 35.7 Å². The third-order valence-corrected chi connectivity index (χ3v) is 4.28. The molecule has 0 bridgehead atoms. The van der Waals surface area contributed by atoms with Crippen LogP contribution in [0, 0.1) is 11.3 Å². The van der Waals surface area contributed by atoms with Gasteiger partial charge in [0.05, 0.1) is 18.6 Å². The van der Waals surface area contributed by atoms with E-state index in [1.807, 2.05) is 13.0 Å². The molecule has 1 N–H and O–H groups in total. The number of ether oxygens (including phenoxy) is 2. The lowest BCUT2D eigenvalue weighted by atomic mass is 10.1. The van der Waals surface area contributed by atoms with Gasteiger partial charge in [-0.1, -0.05) is 0 Å². The molecule has 1 aromatic heterocycles. The van der Waals surface area contributed by atoms with Crippen LogP contribution in [0.3, 0.4) is 0 Å². The minimum atomic E-state index is -0.642. The molecule has 7 nitrogen and oxygen atoms in total. The van der Waals surface area contributed by atoms with Crippen LogP contribution in [-0.4, -0.2) is 30.9 Å². The molecule has 0 spiro atoms. The van der Waals surface area contributed by atoms with Crippen LogP contribution in [0.15, 0.2) is 35.7 Å². The SMILES string of the molecule is CCOc1ccc(C(=O)CCC(=O)OCC(=O)Nc2sccc2C#N)cc1. The zero-order chi connectivity index (χ0) is 19.6. The van der Waals surface area contributed by atoms with Gasteiger partial charge in [0.25, 0.3) is 5.91 Å². The molecular formula is C19H18N2O5S. The van der Waals surface area contributed by atoms with E-state index >= 15 is 0 Å². The standard InChI is InChI=1S/C19H18N2O5S/c1-2-25-15-5-3-13(4-6-15)16(22)7-8-18(24)26-12-17(23)21-19-14(11-20)9-10-27-19/h3-6,9-10H,2,7-8,12H2,1H3,(H,21,23). The molecule has 0 aliphatic rings. The summed E-state index contributed by atoms with van der Waals surface area (Å²) in [4.78, 5) is 35.6. The third-order valence-electron chi connectivity index (χ3n) is 3.45. The minimum Gasteiger partial charge on any atom is -0.494 e. The normalized spacial score (nSPS) is 9.93. The van der Waals surface area contributed by atoms with Crippen molar-refractivity contribution in [2.24, 2.45) is 0 Å². The molecule has 1 amide bonds. The zero-order valence-electron chi connectivity index (χ0n) is 14.7. The first-order chi connectivity index (χ1) is 13.0. The van der Waals surface area contributed by atoms with Crippen LogP contribution in [0.25, 0.3) is 0 Å². The number of hydrogen-bond donors (Lipinski definition) is 1. The van der Waals surface area contributed by atoms with Gasteiger partial charge < -0.3 is 14.8 Å². The smallest absolute Gasteiger partial charge is 0.306 e. The molecule has 8 heteroatoms. The molecule has 0 aliphatic carbocycles. The number of nitrogens with zero attached hydrogens (tertiary/aromatic N) is 1. The van der Waals surface area contributed by atoms with Crippen LogP contribution >= 0.6 is 11.3 Å². The van der Waals surface area contributed by atoms with E-state index in [9.17, 15) is 14.4 Å². The maximum absolute atomic E-state index is 12.1. The highest BCUT2D eigenvalue weighted by Crippen LogP contribution is 2.21. The topological polar surface area (TPSA) is 105 Å². The number of ketones is 1. The number of rotatable bonds is 9. The van der Waals surface area contributed by atoms with Crippen LogP contribution in [0.4, 0.5) is 5.00 Å². The Balaban J connectivity index is 1.73. The van der Waals surface area contributed by atoms with Gasteiger partial charge in [0.2, 0.25) is 0 Å². The van der Waals surface area contributed by atoms with Crippen molar-refractivity contribution in [3.63, 3.8) is 0 Å². The second-order valence-corrected chi connectivity index (χ2v) is 6.28. The number of thiophene rings is 1. The lowest BCUT2D eigenvalue weighted by molar-refractivity contribution is -0.147. The summed E-state index contributed by atoms with van der Waals surface area (Å²) in [6.07, 6.45) is -0.139. The number of anilines is 1. The number of Topliss-reactive ketones (excluding diaryl/α,β-unsaturated/α-hetero) is 1. The van der Waals surface area contributed by atoms with Crippen molar-refractivity contribution in [2.45, 2.75) is 19.8 Å².